The molecule has 5 nitrogen and oxygen atoms in total. The second kappa shape index (κ2) is 4.50. The van der Waals surface area contributed by atoms with E-state index in [4.69, 9.17) is 0 Å². The van der Waals surface area contributed by atoms with Gasteiger partial charge in [0.1, 0.15) is 0 Å². The molecule has 1 unspecified atom stereocenters. The summed E-state index contributed by atoms with van der Waals surface area (Å²) in [5, 5.41) is 17.4. The summed E-state index contributed by atoms with van der Waals surface area (Å²) >= 11 is 0. The predicted molar refractivity (Wildman–Crippen MR) is 52.6 cm³/mol. The summed E-state index contributed by atoms with van der Waals surface area (Å²) in [5.41, 5.74) is 0. The molecular formula is C9H17N5. The zero-order valence-electron chi connectivity index (χ0n) is 8.53. The molecule has 1 fully saturated rings. The summed E-state index contributed by atoms with van der Waals surface area (Å²) in [5.74, 6) is 1.60. The highest BCUT2D eigenvalue weighted by molar-refractivity contribution is 4.86. The molecule has 0 radical (unpaired) electrons. The molecule has 0 spiro atoms. The number of nitrogens with one attached hydrogen (secondary N) is 2. The first-order valence-corrected chi connectivity index (χ1v) is 5.33. The number of tetrazole rings is 1. The van der Waals surface area contributed by atoms with E-state index >= 15 is 0 Å². The lowest BCUT2D eigenvalue weighted by Gasteiger charge is -2.13. The van der Waals surface area contributed by atoms with Gasteiger partial charge in [-0.25, -0.2) is 0 Å². The van der Waals surface area contributed by atoms with Gasteiger partial charge in [0, 0.05) is 0 Å². The third-order valence-corrected chi connectivity index (χ3v) is 2.94. The van der Waals surface area contributed by atoms with Crippen LogP contribution in [0.25, 0.3) is 0 Å². The van der Waals surface area contributed by atoms with E-state index < -0.39 is 0 Å². The fourth-order valence-corrected chi connectivity index (χ4v) is 2.00. The molecule has 1 heterocycles. The lowest BCUT2D eigenvalue weighted by Crippen LogP contribution is -2.25. The van der Waals surface area contributed by atoms with Crippen molar-refractivity contribution in [2.75, 3.05) is 6.54 Å². The van der Waals surface area contributed by atoms with Gasteiger partial charge in [0.25, 0.3) is 0 Å². The Balaban J connectivity index is 1.74. The van der Waals surface area contributed by atoms with Gasteiger partial charge in [0.05, 0.1) is 6.04 Å². The van der Waals surface area contributed by atoms with Crippen molar-refractivity contribution in [2.24, 2.45) is 5.92 Å². The highest BCUT2D eigenvalue weighted by atomic mass is 15.5. The Morgan fingerprint density at radius 2 is 2.29 bits per heavy atom. The number of aromatic nitrogens is 4. The highest BCUT2D eigenvalue weighted by Crippen LogP contribution is 2.24. The average molecular weight is 195 g/mol. The Bertz CT molecular complexity index is 252. The molecule has 1 aliphatic carbocycles. The van der Waals surface area contributed by atoms with Gasteiger partial charge in [-0.05, 0) is 32.2 Å². The van der Waals surface area contributed by atoms with E-state index in [0.717, 1.165) is 18.3 Å². The molecule has 14 heavy (non-hydrogen) atoms. The van der Waals surface area contributed by atoms with Gasteiger partial charge >= 0.3 is 0 Å². The molecular weight excluding hydrogens is 178 g/mol. The van der Waals surface area contributed by atoms with Crippen LogP contribution in [-0.4, -0.2) is 27.2 Å². The smallest absolute Gasteiger partial charge is 0.191 e. The summed E-state index contributed by atoms with van der Waals surface area (Å²) in [6.07, 6.45) is 5.52. The quantitative estimate of drug-likeness (QED) is 0.753. The highest BCUT2D eigenvalue weighted by Gasteiger charge is 2.17. The first-order valence-electron chi connectivity index (χ1n) is 5.33. The van der Waals surface area contributed by atoms with Crippen LogP contribution in [0.5, 0.6) is 0 Å². The molecule has 78 valence electrons. The summed E-state index contributed by atoms with van der Waals surface area (Å²) in [6.45, 7) is 3.15. The zero-order chi connectivity index (χ0) is 9.80. The summed E-state index contributed by atoms with van der Waals surface area (Å²) in [7, 11) is 0. The fourth-order valence-electron chi connectivity index (χ4n) is 2.00. The van der Waals surface area contributed by atoms with Crippen LogP contribution in [0.4, 0.5) is 0 Å². The van der Waals surface area contributed by atoms with E-state index in [1.54, 1.807) is 0 Å². The second-order valence-corrected chi connectivity index (χ2v) is 4.05. The van der Waals surface area contributed by atoms with Gasteiger partial charge in [-0.3, -0.25) is 0 Å². The molecule has 0 aliphatic heterocycles. The van der Waals surface area contributed by atoms with Crippen LogP contribution >= 0.6 is 0 Å². The Morgan fingerprint density at radius 3 is 2.93 bits per heavy atom. The van der Waals surface area contributed by atoms with Crippen molar-refractivity contribution in [3.8, 4) is 0 Å². The Hall–Kier alpha value is -0.970. The van der Waals surface area contributed by atoms with Gasteiger partial charge < -0.3 is 5.32 Å². The third-order valence-electron chi connectivity index (χ3n) is 2.94. The molecule has 1 atom stereocenters. The van der Waals surface area contributed by atoms with Gasteiger partial charge in [-0.15, -0.1) is 10.2 Å². The third kappa shape index (κ3) is 2.29. The van der Waals surface area contributed by atoms with E-state index in [0.29, 0.717) is 0 Å². The van der Waals surface area contributed by atoms with E-state index in [2.05, 4.69) is 32.9 Å². The van der Waals surface area contributed by atoms with Crippen molar-refractivity contribution in [3.63, 3.8) is 0 Å². The maximum Gasteiger partial charge on any atom is 0.191 e. The monoisotopic (exact) mass is 195 g/mol. The van der Waals surface area contributed by atoms with Crippen molar-refractivity contribution in [3.05, 3.63) is 5.82 Å². The molecule has 2 N–H and O–H groups in total. The van der Waals surface area contributed by atoms with Crippen molar-refractivity contribution in [2.45, 2.75) is 38.6 Å². The Kier molecular flexibility index (Phi) is 3.08. The van der Waals surface area contributed by atoms with Crippen molar-refractivity contribution < 1.29 is 0 Å². The van der Waals surface area contributed by atoms with Crippen LogP contribution in [0, 0.1) is 5.92 Å². The molecule has 0 bridgehead atoms. The molecule has 0 amide bonds. The Morgan fingerprint density at radius 1 is 1.50 bits per heavy atom. The van der Waals surface area contributed by atoms with Crippen LogP contribution in [0.3, 0.4) is 0 Å². The van der Waals surface area contributed by atoms with Gasteiger partial charge in [-0.1, -0.05) is 18.1 Å². The first-order chi connectivity index (χ1) is 6.86. The van der Waals surface area contributed by atoms with Crippen LogP contribution in [0.1, 0.15) is 44.5 Å². The normalized spacial score (nSPS) is 20.1. The summed E-state index contributed by atoms with van der Waals surface area (Å²) in [6, 6.07) is 0.203. The van der Waals surface area contributed by atoms with Crippen molar-refractivity contribution in [1.82, 2.24) is 25.9 Å². The first kappa shape index (κ1) is 9.58. The molecule has 1 aliphatic rings. The van der Waals surface area contributed by atoms with Crippen molar-refractivity contribution in [1.29, 1.82) is 0 Å². The van der Waals surface area contributed by atoms with Crippen LogP contribution in [0.15, 0.2) is 0 Å². The number of aromatic amines is 1. The minimum absolute atomic E-state index is 0.203. The molecule has 0 aromatic carbocycles. The van der Waals surface area contributed by atoms with Gasteiger partial charge in [0.15, 0.2) is 5.82 Å². The molecule has 2 rings (SSSR count). The van der Waals surface area contributed by atoms with E-state index in [9.17, 15) is 0 Å². The maximum absolute atomic E-state index is 3.95. The lowest BCUT2D eigenvalue weighted by molar-refractivity contribution is 0.443. The van der Waals surface area contributed by atoms with Gasteiger partial charge in [-0.2, -0.15) is 5.21 Å². The topological polar surface area (TPSA) is 66.5 Å². The Labute approximate surface area is 83.7 Å². The second-order valence-electron chi connectivity index (χ2n) is 4.05. The maximum atomic E-state index is 3.95. The van der Waals surface area contributed by atoms with Crippen molar-refractivity contribution >= 4 is 0 Å². The standard InChI is InChI=1S/C9H17N5/c1-7(9-11-13-14-12-9)10-6-8-4-2-3-5-8/h7-8,10H,2-6H2,1H3,(H,11,12,13,14). The molecule has 5 heteroatoms. The number of nitrogens with zero attached hydrogens (tertiary/aromatic N) is 3. The van der Waals surface area contributed by atoms with Gasteiger partial charge in [0.2, 0.25) is 0 Å². The fraction of sp³-hybridized carbons (Fsp3) is 0.889. The molecule has 1 aromatic heterocycles. The van der Waals surface area contributed by atoms with Crippen LogP contribution < -0.4 is 5.32 Å². The predicted octanol–water partition coefficient (Wildman–Crippen LogP) is 1.04. The zero-order valence-corrected chi connectivity index (χ0v) is 8.53. The number of H-pyrrole nitrogens is 1. The SMILES string of the molecule is CC(NCC1CCCC1)c1nn[nH]n1. The minimum atomic E-state index is 0.203. The summed E-state index contributed by atoms with van der Waals surface area (Å²) in [4.78, 5) is 0. The number of hydrogen-bond donors (Lipinski definition) is 2. The number of hydrogen-bond acceptors (Lipinski definition) is 4. The minimum Gasteiger partial charge on any atom is -0.307 e. The lowest BCUT2D eigenvalue weighted by atomic mass is 10.1. The number of rotatable bonds is 4. The van der Waals surface area contributed by atoms with Crippen LogP contribution in [-0.2, 0) is 0 Å². The molecule has 1 aromatic rings. The molecule has 1 saturated carbocycles. The largest absolute Gasteiger partial charge is 0.307 e. The van der Waals surface area contributed by atoms with E-state index in [-0.39, 0.29) is 6.04 Å². The van der Waals surface area contributed by atoms with E-state index in [1.807, 2.05) is 0 Å². The van der Waals surface area contributed by atoms with E-state index in [1.165, 1.54) is 25.7 Å². The summed E-state index contributed by atoms with van der Waals surface area (Å²) < 4.78 is 0. The van der Waals surface area contributed by atoms with Crippen LogP contribution in [0.2, 0.25) is 0 Å². The average Bonchev–Trinajstić information content (AvgIpc) is 2.87. The molecule has 0 saturated heterocycles.